The van der Waals surface area contributed by atoms with E-state index >= 15 is 0 Å². The molecule has 0 aromatic rings. The molecule has 0 bridgehead atoms. The van der Waals surface area contributed by atoms with E-state index in [9.17, 15) is 4.79 Å². The molecule has 1 heterocycles. The maximum absolute atomic E-state index is 13.1. The van der Waals surface area contributed by atoms with Crippen LogP contribution in [0.1, 0.15) is 40.5 Å². The fourth-order valence-corrected chi connectivity index (χ4v) is 3.73. The lowest BCUT2D eigenvalue weighted by molar-refractivity contribution is -0.180. The Bertz CT molecular complexity index is 399. The molecule has 1 aliphatic heterocycles. The molecular weight excluding hydrogens is 266 g/mol. The molecular formula is C16H31N3O2. The molecule has 5 heteroatoms. The third-order valence-electron chi connectivity index (χ3n) is 5.52. The number of amides is 1. The summed E-state index contributed by atoms with van der Waals surface area (Å²) in [5.41, 5.74) is 5.44. The maximum atomic E-state index is 13.1. The molecule has 1 saturated carbocycles. The van der Waals surface area contributed by atoms with Gasteiger partial charge >= 0.3 is 0 Å². The van der Waals surface area contributed by atoms with Gasteiger partial charge in [0.2, 0.25) is 5.91 Å². The van der Waals surface area contributed by atoms with Gasteiger partial charge in [-0.15, -0.1) is 0 Å². The molecule has 0 aromatic heterocycles. The Balaban J connectivity index is 2.12. The lowest BCUT2D eigenvalue weighted by atomic mass is 9.54. The predicted molar refractivity (Wildman–Crippen MR) is 84.0 cm³/mol. The second kappa shape index (κ2) is 5.86. The van der Waals surface area contributed by atoms with Crippen LogP contribution in [-0.4, -0.2) is 66.7 Å². The average molecular weight is 297 g/mol. The molecule has 5 nitrogen and oxygen atoms in total. The van der Waals surface area contributed by atoms with Gasteiger partial charge in [0.15, 0.2) is 0 Å². The first-order chi connectivity index (χ1) is 9.74. The van der Waals surface area contributed by atoms with Gasteiger partial charge in [-0.3, -0.25) is 4.79 Å². The molecule has 1 aliphatic carbocycles. The van der Waals surface area contributed by atoms with E-state index in [0.29, 0.717) is 13.0 Å². The monoisotopic (exact) mass is 297 g/mol. The fraction of sp³-hybridized carbons (Fsp3) is 0.938. The van der Waals surface area contributed by atoms with Crippen LogP contribution in [0.3, 0.4) is 0 Å². The van der Waals surface area contributed by atoms with E-state index in [4.69, 9.17) is 10.5 Å². The maximum Gasteiger partial charge on any atom is 0.243 e. The lowest BCUT2D eigenvalue weighted by Gasteiger charge is -2.59. The largest absolute Gasteiger partial charge is 0.378 e. The summed E-state index contributed by atoms with van der Waals surface area (Å²) in [5, 5.41) is 0. The molecule has 1 amide bonds. The van der Waals surface area contributed by atoms with E-state index in [1.807, 2.05) is 11.8 Å². The quantitative estimate of drug-likeness (QED) is 0.846. The number of nitrogens with two attached hydrogens (primary N) is 1. The van der Waals surface area contributed by atoms with Crippen molar-refractivity contribution in [2.75, 3.05) is 33.3 Å². The summed E-state index contributed by atoms with van der Waals surface area (Å²) in [6.07, 6.45) is 1.73. The van der Waals surface area contributed by atoms with Crippen molar-refractivity contribution in [1.82, 2.24) is 9.80 Å². The minimum absolute atomic E-state index is 0.0846. The van der Waals surface area contributed by atoms with Gasteiger partial charge in [0.1, 0.15) is 5.54 Å². The minimum atomic E-state index is -0.788. The van der Waals surface area contributed by atoms with Gasteiger partial charge < -0.3 is 20.3 Å². The van der Waals surface area contributed by atoms with Crippen molar-refractivity contribution in [1.29, 1.82) is 0 Å². The summed E-state index contributed by atoms with van der Waals surface area (Å²) < 4.78 is 5.74. The number of carbonyl (C=O) groups is 1. The highest BCUT2D eigenvalue weighted by Gasteiger charge is 2.64. The first-order valence-corrected chi connectivity index (χ1v) is 8.14. The van der Waals surface area contributed by atoms with E-state index < -0.39 is 5.54 Å². The van der Waals surface area contributed by atoms with Crippen molar-refractivity contribution in [2.45, 2.75) is 58.2 Å². The van der Waals surface area contributed by atoms with Crippen molar-refractivity contribution in [3.8, 4) is 0 Å². The van der Waals surface area contributed by atoms with Crippen LogP contribution in [-0.2, 0) is 9.53 Å². The van der Waals surface area contributed by atoms with Crippen molar-refractivity contribution >= 4 is 5.91 Å². The zero-order chi connectivity index (χ0) is 15.8. The normalized spacial score (nSPS) is 37.0. The van der Waals surface area contributed by atoms with Gasteiger partial charge in [-0.25, -0.2) is 0 Å². The van der Waals surface area contributed by atoms with Gasteiger partial charge in [-0.1, -0.05) is 13.8 Å². The van der Waals surface area contributed by atoms with E-state index in [-0.39, 0.29) is 23.5 Å². The number of hydrogen-bond acceptors (Lipinski definition) is 4. The van der Waals surface area contributed by atoms with Crippen LogP contribution in [0.4, 0.5) is 0 Å². The van der Waals surface area contributed by atoms with Crippen molar-refractivity contribution in [3.05, 3.63) is 0 Å². The standard InChI is InChI=1S/C16H31N3O2/c1-6-21-13-10-16(17,15(13,3)4)14(20)19-9-7-8-18(5)11-12(19)2/h12-13H,6-11,17H2,1-5H3. The van der Waals surface area contributed by atoms with Gasteiger partial charge in [-0.05, 0) is 33.9 Å². The Morgan fingerprint density at radius 3 is 2.62 bits per heavy atom. The van der Waals surface area contributed by atoms with E-state index in [1.165, 1.54) is 0 Å². The van der Waals surface area contributed by atoms with Crippen molar-refractivity contribution in [2.24, 2.45) is 11.1 Å². The molecule has 0 radical (unpaired) electrons. The molecule has 122 valence electrons. The first kappa shape index (κ1) is 16.7. The summed E-state index contributed by atoms with van der Waals surface area (Å²) in [6, 6.07) is 0.215. The average Bonchev–Trinajstić information content (AvgIpc) is 2.58. The molecule has 2 N–H and O–H groups in total. The molecule has 0 aromatic carbocycles. The summed E-state index contributed by atoms with van der Waals surface area (Å²) in [5.74, 6) is 0.103. The molecule has 2 rings (SSSR count). The number of nitrogens with zero attached hydrogens (tertiary/aromatic N) is 2. The SMILES string of the molecule is CCOC1CC(N)(C(=O)N2CCCN(C)CC2C)C1(C)C. The van der Waals surface area contributed by atoms with Gasteiger partial charge in [-0.2, -0.15) is 0 Å². The molecule has 2 aliphatic rings. The summed E-state index contributed by atoms with van der Waals surface area (Å²) in [6.45, 7) is 11.7. The molecule has 3 unspecified atom stereocenters. The zero-order valence-electron chi connectivity index (χ0n) is 14.2. The highest BCUT2D eigenvalue weighted by Crippen LogP contribution is 2.50. The van der Waals surface area contributed by atoms with E-state index in [0.717, 1.165) is 26.1 Å². The first-order valence-electron chi connectivity index (χ1n) is 8.14. The predicted octanol–water partition coefficient (Wildman–Crippen LogP) is 1.07. The molecule has 21 heavy (non-hydrogen) atoms. The number of rotatable bonds is 3. The summed E-state index contributed by atoms with van der Waals surface area (Å²) in [4.78, 5) is 17.3. The number of ether oxygens (including phenoxy) is 1. The van der Waals surface area contributed by atoms with E-state index in [1.54, 1.807) is 0 Å². The summed E-state index contributed by atoms with van der Waals surface area (Å²) >= 11 is 0. The Morgan fingerprint density at radius 2 is 2.05 bits per heavy atom. The number of hydrogen-bond donors (Lipinski definition) is 1. The molecule has 2 fully saturated rings. The highest BCUT2D eigenvalue weighted by atomic mass is 16.5. The van der Waals surface area contributed by atoms with Crippen molar-refractivity contribution < 1.29 is 9.53 Å². The minimum Gasteiger partial charge on any atom is -0.378 e. The van der Waals surface area contributed by atoms with Crippen LogP contribution in [0, 0.1) is 5.41 Å². The van der Waals surface area contributed by atoms with Crippen molar-refractivity contribution in [3.63, 3.8) is 0 Å². The third-order valence-corrected chi connectivity index (χ3v) is 5.52. The van der Waals surface area contributed by atoms with Crippen LogP contribution in [0.2, 0.25) is 0 Å². The highest BCUT2D eigenvalue weighted by molar-refractivity contribution is 5.89. The Morgan fingerprint density at radius 1 is 1.38 bits per heavy atom. The topological polar surface area (TPSA) is 58.8 Å². The van der Waals surface area contributed by atoms with Crippen LogP contribution in [0.5, 0.6) is 0 Å². The number of likely N-dealkylation sites (N-methyl/N-ethyl adjacent to an activating group) is 1. The van der Waals surface area contributed by atoms with Gasteiger partial charge in [0, 0.05) is 37.6 Å². The van der Waals surface area contributed by atoms with Gasteiger partial charge in [0.05, 0.1) is 6.10 Å². The number of carbonyl (C=O) groups excluding carboxylic acids is 1. The summed E-state index contributed by atoms with van der Waals surface area (Å²) in [7, 11) is 2.11. The zero-order valence-corrected chi connectivity index (χ0v) is 14.2. The van der Waals surface area contributed by atoms with Crippen LogP contribution >= 0.6 is 0 Å². The smallest absolute Gasteiger partial charge is 0.243 e. The van der Waals surface area contributed by atoms with Crippen LogP contribution in [0.15, 0.2) is 0 Å². The Hall–Kier alpha value is -0.650. The molecule has 3 atom stereocenters. The third kappa shape index (κ3) is 2.71. The fourth-order valence-electron chi connectivity index (χ4n) is 3.73. The van der Waals surface area contributed by atoms with E-state index in [2.05, 4.69) is 32.7 Å². The molecule has 1 saturated heterocycles. The van der Waals surface area contributed by atoms with Gasteiger partial charge in [0.25, 0.3) is 0 Å². The Labute approximate surface area is 128 Å². The van der Waals surface area contributed by atoms with Crippen LogP contribution < -0.4 is 5.73 Å². The van der Waals surface area contributed by atoms with Crippen LogP contribution in [0.25, 0.3) is 0 Å². The lowest BCUT2D eigenvalue weighted by Crippen LogP contribution is -2.76. The molecule has 0 spiro atoms. The second-order valence-corrected chi connectivity index (χ2v) is 7.30. The second-order valence-electron chi connectivity index (χ2n) is 7.30. The Kier molecular flexibility index (Phi) is 4.66.